The zero-order valence-electron chi connectivity index (χ0n) is 5.44. The third-order valence-corrected chi connectivity index (χ3v) is 0.200. The molecule has 0 fully saturated rings. The first-order valence-electron chi connectivity index (χ1n) is 0.730. The molecule has 1 N–H and O–H groups in total. The maximum Gasteiger partial charge on any atom is 0.521 e. The first-order chi connectivity index (χ1) is 2.27. The van der Waals surface area contributed by atoms with Gasteiger partial charge in [-0.05, 0) is 4.57 Å². The molecular weight excluding hydrogens is 319 g/mol. The van der Waals surface area contributed by atoms with Crippen molar-refractivity contribution < 1.29 is 39.8 Å². The molecule has 1 unspecified atom stereocenters. The third kappa shape index (κ3) is 31.7. The van der Waals surface area contributed by atoms with E-state index in [1.165, 1.54) is 0 Å². The van der Waals surface area contributed by atoms with Gasteiger partial charge in [0.15, 0.2) is 0 Å². The van der Waals surface area contributed by atoms with E-state index in [4.69, 9.17) is 14.7 Å². The summed E-state index contributed by atoms with van der Waals surface area (Å²) < 4.78 is 11.6. The van der Waals surface area contributed by atoms with Gasteiger partial charge in [-0.2, -0.15) is 0 Å². The van der Waals surface area contributed by atoms with Crippen LogP contribution in [-0.4, -0.2) is 159 Å². The standard InChI is InChI=1S/3K.HO4P.Pd/c;;;1-4-5(2)3;/h;;;1H;. The monoisotopic (exact) mass is 319 g/mol. The average molecular weight is 320 g/mol. The SMILES string of the molecule is O=[P+]([O-])OO.[K].[K].[K].[Pd]. The molecule has 0 amide bonds. The molecule has 0 spiro atoms. The maximum absolute atomic E-state index is 8.93. The van der Waals surface area contributed by atoms with Crippen molar-refractivity contribution in [3.8, 4) is 0 Å². The van der Waals surface area contributed by atoms with Crippen molar-refractivity contribution >= 4 is 162 Å². The van der Waals surface area contributed by atoms with E-state index in [1.54, 1.807) is 0 Å². The minimum Gasteiger partial charge on any atom is -0.565 e. The summed E-state index contributed by atoms with van der Waals surface area (Å²) in [4.78, 5) is 8.93. The van der Waals surface area contributed by atoms with Gasteiger partial charge in [0, 0.05) is 179 Å². The van der Waals surface area contributed by atoms with Gasteiger partial charge in [0.25, 0.3) is 0 Å². The molecule has 0 aromatic rings. The molecule has 0 heterocycles. The van der Waals surface area contributed by atoms with Crippen molar-refractivity contribution in [2.75, 3.05) is 0 Å². The minimum absolute atomic E-state index is 0. The quantitative estimate of drug-likeness (QED) is 0.272. The number of rotatable bonds is 1. The van der Waals surface area contributed by atoms with E-state index in [9.17, 15) is 0 Å². The summed E-state index contributed by atoms with van der Waals surface area (Å²) in [5.41, 5.74) is 0. The molecule has 9 heteroatoms. The van der Waals surface area contributed by atoms with Crippen molar-refractivity contribution in [3.05, 3.63) is 0 Å². The van der Waals surface area contributed by atoms with E-state index >= 15 is 0 Å². The molecule has 0 aliphatic rings. The summed E-state index contributed by atoms with van der Waals surface area (Å²) >= 11 is 0. The largest absolute Gasteiger partial charge is 0.565 e. The minimum atomic E-state index is -3.04. The van der Waals surface area contributed by atoms with Crippen LogP contribution in [0.5, 0.6) is 0 Å². The van der Waals surface area contributed by atoms with Crippen LogP contribution in [0, 0.1) is 0 Å². The van der Waals surface area contributed by atoms with Gasteiger partial charge in [-0.15, -0.1) is 0 Å². The van der Waals surface area contributed by atoms with Crippen LogP contribution >= 0.6 is 8.25 Å². The van der Waals surface area contributed by atoms with Crippen LogP contribution in [0.4, 0.5) is 0 Å². The van der Waals surface area contributed by atoms with Crippen LogP contribution in [0.15, 0.2) is 0 Å². The van der Waals surface area contributed by atoms with Gasteiger partial charge in [-0.3, -0.25) is 0 Å². The first-order valence-corrected chi connectivity index (χ1v) is 1.83. The molecular formula is HK3O4PPd. The van der Waals surface area contributed by atoms with E-state index < -0.39 is 8.25 Å². The van der Waals surface area contributed by atoms with Crippen LogP contribution in [0.25, 0.3) is 0 Å². The predicted molar refractivity (Wildman–Crippen MR) is 28.6 cm³/mol. The molecule has 0 aliphatic carbocycles. The van der Waals surface area contributed by atoms with Gasteiger partial charge >= 0.3 is 8.25 Å². The summed E-state index contributed by atoms with van der Waals surface area (Å²) in [7, 11) is -3.04. The molecule has 0 bridgehead atoms. The van der Waals surface area contributed by atoms with Gasteiger partial charge in [-0.25, -0.2) is 5.26 Å². The van der Waals surface area contributed by atoms with Crippen molar-refractivity contribution in [2.45, 2.75) is 0 Å². The Morgan fingerprint density at radius 1 is 1.33 bits per heavy atom. The Bertz CT molecular complexity index is 51.1. The fraction of sp³-hybridized carbons (Fsp3) is 0. The second kappa shape index (κ2) is 23.4. The Morgan fingerprint density at radius 3 is 1.44 bits per heavy atom. The van der Waals surface area contributed by atoms with Crippen molar-refractivity contribution in [2.24, 2.45) is 0 Å². The second-order valence-electron chi connectivity index (χ2n) is 0.305. The fourth-order valence-electron chi connectivity index (χ4n) is 0. The molecule has 43 valence electrons. The topological polar surface area (TPSA) is 69.6 Å². The van der Waals surface area contributed by atoms with Gasteiger partial charge < -0.3 is 4.89 Å². The Morgan fingerprint density at radius 2 is 1.44 bits per heavy atom. The third-order valence-electron chi connectivity index (χ3n) is 0.0667. The second-order valence-corrected chi connectivity index (χ2v) is 0.916. The summed E-state index contributed by atoms with van der Waals surface area (Å²) in [6.07, 6.45) is 0. The normalized spacial score (nSPS) is 6.22. The maximum atomic E-state index is 8.93. The Balaban J connectivity index is -0.0000000133. The number of hydrogen-bond donors (Lipinski definition) is 1. The Kier molecular flexibility index (Phi) is 76.2. The van der Waals surface area contributed by atoms with Crippen molar-refractivity contribution in [1.29, 1.82) is 0 Å². The molecule has 3 radical (unpaired) electrons. The molecule has 0 aliphatic heterocycles. The van der Waals surface area contributed by atoms with E-state index in [0.717, 1.165) is 0 Å². The van der Waals surface area contributed by atoms with Gasteiger partial charge in [0.05, 0.1) is 0 Å². The van der Waals surface area contributed by atoms with Crippen LogP contribution in [-0.2, 0) is 29.7 Å². The molecule has 1 atom stereocenters. The fourth-order valence-corrected chi connectivity index (χ4v) is 0. The molecule has 4 nitrogen and oxygen atoms in total. The van der Waals surface area contributed by atoms with Gasteiger partial charge in [0.1, 0.15) is 0 Å². The molecule has 0 saturated carbocycles. The number of hydrogen-bond acceptors (Lipinski definition) is 4. The summed E-state index contributed by atoms with van der Waals surface area (Å²) in [5, 5.41) is 7.05. The van der Waals surface area contributed by atoms with Crippen molar-refractivity contribution in [1.82, 2.24) is 0 Å². The van der Waals surface area contributed by atoms with Gasteiger partial charge in [0.2, 0.25) is 0 Å². The molecule has 0 saturated heterocycles. The molecule has 0 aromatic heterocycles. The molecule has 0 aromatic carbocycles. The van der Waals surface area contributed by atoms with Crippen molar-refractivity contribution in [3.63, 3.8) is 0 Å². The van der Waals surface area contributed by atoms with Crippen LogP contribution in [0.2, 0.25) is 0 Å². The first kappa shape index (κ1) is 29.3. The Hall–Kier alpha value is 5.55. The predicted octanol–water partition coefficient (Wildman–Crippen LogP) is -1.65. The smallest absolute Gasteiger partial charge is 0.521 e. The molecule has 0 rings (SSSR count). The average Bonchev–Trinajstić information content (AvgIpc) is 1.38. The van der Waals surface area contributed by atoms with E-state index in [0.29, 0.717) is 0 Å². The van der Waals surface area contributed by atoms with E-state index in [2.05, 4.69) is 4.67 Å². The van der Waals surface area contributed by atoms with Crippen LogP contribution < -0.4 is 4.89 Å². The van der Waals surface area contributed by atoms with Crippen LogP contribution in [0.3, 0.4) is 0 Å². The summed E-state index contributed by atoms with van der Waals surface area (Å²) in [5.74, 6) is 0. The summed E-state index contributed by atoms with van der Waals surface area (Å²) in [6, 6.07) is 0. The zero-order chi connectivity index (χ0) is 4.28. The molecule has 9 heavy (non-hydrogen) atoms. The van der Waals surface area contributed by atoms with Gasteiger partial charge in [-0.1, -0.05) is 0 Å². The van der Waals surface area contributed by atoms with E-state index in [-0.39, 0.29) is 175 Å². The van der Waals surface area contributed by atoms with Crippen LogP contribution in [0.1, 0.15) is 0 Å². The zero-order valence-corrected chi connectivity index (χ0v) is 17.3. The Labute approximate surface area is 195 Å². The summed E-state index contributed by atoms with van der Waals surface area (Å²) in [6.45, 7) is 0. The van der Waals surface area contributed by atoms with E-state index in [1.807, 2.05) is 0 Å².